The van der Waals surface area contributed by atoms with Crippen LogP contribution in [0.25, 0.3) is 0 Å². The molecular formula is C72H110ClF3N12O12. The number of nitrogens with one attached hydrogen (secondary N) is 3. The number of likely N-dealkylation sites (tertiary alicyclic amines) is 1. The van der Waals surface area contributed by atoms with E-state index in [4.69, 9.17) is 11.6 Å². The molecule has 24 nitrogen and oxygen atoms in total. The maximum atomic E-state index is 15.8. The Balaban J connectivity index is 1.28. The van der Waals surface area contributed by atoms with Gasteiger partial charge in [0.2, 0.25) is 70.9 Å². The van der Waals surface area contributed by atoms with Gasteiger partial charge in [-0.3, -0.25) is 57.5 Å². The fourth-order valence-electron chi connectivity index (χ4n) is 15.7. The molecule has 0 aromatic heterocycles. The Labute approximate surface area is 593 Å². The van der Waals surface area contributed by atoms with Gasteiger partial charge in [-0.25, -0.2) is 0 Å². The molecule has 0 radical (unpaired) electrons. The Bertz CT molecular complexity index is 3110. The lowest BCUT2D eigenvalue weighted by atomic mass is 9.81. The van der Waals surface area contributed by atoms with E-state index in [1.165, 1.54) is 79.9 Å². The summed E-state index contributed by atoms with van der Waals surface area (Å²) in [6.07, 6.45) is 6.71. The third kappa shape index (κ3) is 20.2. The van der Waals surface area contributed by atoms with Crippen LogP contribution in [0.15, 0.2) is 18.2 Å². The van der Waals surface area contributed by atoms with Crippen LogP contribution in [0.4, 0.5) is 13.2 Å². The standard InChI is InChI=1S/C72H110ClF3N12O12/c1-45(2)38-54-63(93)78-61(46(3)4)68(98)82(7)43-59(91)80(5)44-60(92)84(9)55(40-47-24-15-12-16-25-47)66(96)81(6)42-57(89)77-52(32-30-48-29-31-50(51(73)39-48)72(74,75)76)65(95)88-37-23-28-53(88)64(94)79-71(33-19-20-34-71)70(100)86(11)62(49-26-17-13-18-27-49)69(99)85(10)56(41-58(90)83(54)8)67(97)87-35-21-14-22-36-87/h29,31,39,45-47,49,52-56,61-62H,12-28,30,32-38,40-44H2,1-11H3,(H,77,89)(H,78,93)(H,79,94)/t52-,53-,54-,55-,56-,61-,62-/m0/s1. The van der Waals surface area contributed by atoms with Crippen LogP contribution in [0, 0.1) is 23.7 Å². The summed E-state index contributed by atoms with van der Waals surface area (Å²) in [5.74, 6) is -8.77. The van der Waals surface area contributed by atoms with Crippen LogP contribution in [0.3, 0.4) is 0 Å². The number of likely N-dealkylation sites (N-methyl/N-ethyl adjacent to an activating group) is 7. The highest BCUT2D eigenvalue weighted by Gasteiger charge is 2.51. The Kier molecular flexibility index (Phi) is 28.7. The van der Waals surface area contributed by atoms with Crippen molar-refractivity contribution in [3.8, 4) is 0 Å². The summed E-state index contributed by atoms with van der Waals surface area (Å²) >= 11 is 6.16. The molecule has 6 aliphatic rings. The molecule has 3 aliphatic heterocycles. The molecule has 6 fully saturated rings. The lowest BCUT2D eigenvalue weighted by molar-refractivity contribution is -0.157. The number of rotatable bonds is 10. The largest absolute Gasteiger partial charge is 0.417 e. The number of carbonyl (C=O) groups is 12. The molecule has 12 amide bonds. The predicted molar refractivity (Wildman–Crippen MR) is 369 cm³/mol. The Hall–Kier alpha value is -7.06. The van der Waals surface area contributed by atoms with Crippen LogP contribution in [0.2, 0.25) is 5.02 Å². The minimum absolute atomic E-state index is 0.0203. The average molecular weight is 1430 g/mol. The highest BCUT2D eigenvalue weighted by molar-refractivity contribution is 6.31. The van der Waals surface area contributed by atoms with E-state index < -0.39 is 173 Å². The average Bonchev–Trinajstić information content (AvgIpc) is 1.54. The minimum Gasteiger partial charge on any atom is -0.343 e. The van der Waals surface area contributed by atoms with E-state index in [1.807, 2.05) is 13.8 Å². The number of hydrogen-bond donors (Lipinski definition) is 3. The number of benzene rings is 1. The van der Waals surface area contributed by atoms with E-state index in [-0.39, 0.29) is 63.3 Å². The number of carbonyl (C=O) groups excluding carboxylic acids is 12. The minimum atomic E-state index is -4.76. The summed E-state index contributed by atoms with van der Waals surface area (Å²) in [7, 11) is 9.99. The van der Waals surface area contributed by atoms with Crippen LogP contribution in [0.5, 0.6) is 0 Å². The fourth-order valence-corrected chi connectivity index (χ4v) is 16.0. The molecule has 1 spiro atoms. The van der Waals surface area contributed by atoms with Crippen LogP contribution >= 0.6 is 11.6 Å². The predicted octanol–water partition coefficient (Wildman–Crippen LogP) is 6.03. The van der Waals surface area contributed by atoms with Crippen molar-refractivity contribution < 1.29 is 70.7 Å². The van der Waals surface area contributed by atoms with Crippen molar-refractivity contribution in [2.45, 2.75) is 236 Å². The number of nitrogens with zero attached hydrogens (tertiary/aromatic N) is 9. The first-order valence-electron chi connectivity index (χ1n) is 36.3. The molecule has 1 aromatic carbocycles. The molecule has 1 aromatic rings. The SMILES string of the molecule is CC(C)C[C@H]1C(=O)N[C@@H](C(C)C)C(=O)N(C)CC(=O)N(C)CC(=O)N(C)[C@@H](CC2CCCCC2)C(=O)N(C)CC(=O)N[C@@H](CCc2ccc(C(F)(F)F)c(Cl)c2)C(=O)N2CCC[C@H]2C(=O)NC2(CCCC2)C(=O)N(C)[C@@H](C2CCCCC2)C(=O)N(C)[C@H](C(=O)N2CCCCC2)CC(=O)N1C. The number of halogens is 4. The number of alkyl halides is 3. The topological polar surface area (TPSA) is 270 Å². The number of hydrogen-bond acceptors (Lipinski definition) is 12. The van der Waals surface area contributed by atoms with E-state index in [0.717, 1.165) is 84.6 Å². The summed E-state index contributed by atoms with van der Waals surface area (Å²) in [4.78, 5) is 191. The number of amides is 12. The van der Waals surface area contributed by atoms with Crippen molar-refractivity contribution in [3.63, 3.8) is 0 Å². The molecule has 7 rings (SSSR count). The molecule has 3 heterocycles. The Morgan fingerprint density at radius 2 is 1.19 bits per heavy atom. The van der Waals surface area contributed by atoms with Gasteiger partial charge < -0.3 is 60.0 Å². The summed E-state index contributed by atoms with van der Waals surface area (Å²) in [6, 6.07) is -5.53. The quantitative estimate of drug-likeness (QED) is 0.242. The highest BCUT2D eigenvalue weighted by Crippen LogP contribution is 2.39. The molecule has 3 N–H and O–H groups in total. The molecule has 3 aliphatic carbocycles. The van der Waals surface area contributed by atoms with Crippen molar-refractivity contribution in [2.75, 3.05) is 88.6 Å². The van der Waals surface area contributed by atoms with Gasteiger partial charge >= 0.3 is 6.18 Å². The third-order valence-corrected chi connectivity index (χ3v) is 22.1. The van der Waals surface area contributed by atoms with Crippen LogP contribution in [0.1, 0.15) is 187 Å². The molecule has 3 saturated carbocycles. The van der Waals surface area contributed by atoms with Crippen molar-refractivity contribution in [1.82, 2.24) is 60.0 Å². The maximum Gasteiger partial charge on any atom is 0.417 e. The zero-order valence-corrected chi connectivity index (χ0v) is 61.5. The van der Waals surface area contributed by atoms with Gasteiger partial charge in [0.25, 0.3) is 0 Å². The van der Waals surface area contributed by atoms with Crippen molar-refractivity contribution in [2.24, 2.45) is 23.7 Å². The van der Waals surface area contributed by atoms with Crippen molar-refractivity contribution in [1.29, 1.82) is 0 Å². The summed E-state index contributed by atoms with van der Waals surface area (Å²) in [6.45, 7) is 6.27. The van der Waals surface area contributed by atoms with Gasteiger partial charge in [-0.1, -0.05) is 110 Å². The second-order valence-corrected chi connectivity index (χ2v) is 30.4. The highest BCUT2D eigenvalue weighted by atomic mass is 35.5. The van der Waals surface area contributed by atoms with Gasteiger partial charge in [0, 0.05) is 69.0 Å². The van der Waals surface area contributed by atoms with Crippen LogP contribution in [-0.4, -0.2) is 251 Å². The Morgan fingerprint density at radius 1 is 0.600 bits per heavy atom. The molecule has 558 valence electrons. The van der Waals surface area contributed by atoms with Gasteiger partial charge in [-0.05, 0) is 125 Å². The molecule has 28 heteroatoms. The van der Waals surface area contributed by atoms with Crippen LogP contribution in [-0.2, 0) is 70.1 Å². The monoisotopic (exact) mass is 1430 g/mol. The van der Waals surface area contributed by atoms with Crippen molar-refractivity contribution in [3.05, 3.63) is 34.3 Å². The molecule has 7 atom stereocenters. The van der Waals surface area contributed by atoms with Gasteiger partial charge in [0.1, 0.15) is 47.8 Å². The zero-order chi connectivity index (χ0) is 73.7. The lowest BCUT2D eigenvalue weighted by Crippen LogP contribution is -2.65. The van der Waals surface area contributed by atoms with E-state index in [9.17, 15) is 41.9 Å². The zero-order valence-electron chi connectivity index (χ0n) is 60.7. The second kappa shape index (κ2) is 35.7. The van der Waals surface area contributed by atoms with E-state index in [1.54, 1.807) is 18.7 Å². The Morgan fingerprint density at radius 3 is 1.79 bits per heavy atom. The lowest BCUT2D eigenvalue weighted by Gasteiger charge is -2.43. The second-order valence-electron chi connectivity index (χ2n) is 30.0. The van der Waals surface area contributed by atoms with Crippen molar-refractivity contribution >= 4 is 82.5 Å². The van der Waals surface area contributed by atoms with Gasteiger partial charge in [-0.2, -0.15) is 13.2 Å². The van der Waals surface area contributed by atoms with Gasteiger partial charge in [0.15, 0.2) is 0 Å². The first-order chi connectivity index (χ1) is 47.2. The normalized spacial score (nSPS) is 26.7. The molecule has 100 heavy (non-hydrogen) atoms. The summed E-state index contributed by atoms with van der Waals surface area (Å²) in [5, 5.41) is 8.14. The third-order valence-electron chi connectivity index (χ3n) is 21.8. The van der Waals surface area contributed by atoms with E-state index in [2.05, 4.69) is 16.0 Å². The van der Waals surface area contributed by atoms with E-state index >= 15 is 28.8 Å². The van der Waals surface area contributed by atoms with Crippen LogP contribution < -0.4 is 16.0 Å². The maximum absolute atomic E-state index is 15.8. The van der Waals surface area contributed by atoms with Gasteiger partial charge in [-0.15, -0.1) is 0 Å². The number of aryl methyl sites for hydroxylation is 1. The molecule has 0 unspecified atom stereocenters. The smallest absolute Gasteiger partial charge is 0.343 e. The summed E-state index contributed by atoms with van der Waals surface area (Å²) in [5.41, 5.74) is -2.33. The fraction of sp³-hybridized carbons (Fsp3) is 0.750. The molecular weight excluding hydrogens is 1320 g/mol. The number of piperidine rings is 1. The molecule has 0 bridgehead atoms. The number of fused-ring (bicyclic) bond motifs is 1. The molecule has 3 saturated heterocycles. The van der Waals surface area contributed by atoms with E-state index in [0.29, 0.717) is 63.6 Å². The van der Waals surface area contributed by atoms with Gasteiger partial charge in [0.05, 0.1) is 36.6 Å². The summed E-state index contributed by atoms with van der Waals surface area (Å²) < 4.78 is 41.6. The first-order valence-corrected chi connectivity index (χ1v) is 36.7. The first kappa shape index (κ1) is 80.3.